The Hall–Kier alpha value is -1.45. The van der Waals surface area contributed by atoms with Gasteiger partial charge in [0.2, 0.25) is 5.95 Å². The standard InChI is InChI=1S/C10H12FN3/c1-8-2-4-14(5-3-8)10-12-6-9(11)7-13-10/h2,6-7H,3-5H2,1H3. The molecule has 1 aliphatic rings. The lowest BCUT2D eigenvalue weighted by Crippen LogP contribution is -2.29. The van der Waals surface area contributed by atoms with Gasteiger partial charge in [-0.1, -0.05) is 11.6 Å². The van der Waals surface area contributed by atoms with Gasteiger partial charge in [0, 0.05) is 13.1 Å². The minimum absolute atomic E-state index is 0.391. The second-order valence-electron chi connectivity index (χ2n) is 3.45. The smallest absolute Gasteiger partial charge is 0.225 e. The molecule has 2 heterocycles. The normalized spacial score (nSPS) is 16.7. The molecule has 0 amide bonds. The van der Waals surface area contributed by atoms with E-state index in [0.717, 1.165) is 19.5 Å². The molecule has 2 rings (SSSR count). The fraction of sp³-hybridized carbons (Fsp3) is 0.400. The molecule has 0 unspecified atom stereocenters. The maximum Gasteiger partial charge on any atom is 0.225 e. The molecule has 0 bridgehead atoms. The van der Waals surface area contributed by atoms with Crippen LogP contribution in [-0.2, 0) is 0 Å². The first-order chi connectivity index (χ1) is 6.75. The van der Waals surface area contributed by atoms with E-state index in [4.69, 9.17) is 0 Å². The minimum Gasteiger partial charge on any atom is -0.337 e. The number of halogens is 1. The van der Waals surface area contributed by atoms with E-state index in [1.807, 2.05) is 4.90 Å². The summed E-state index contributed by atoms with van der Waals surface area (Å²) < 4.78 is 12.6. The lowest BCUT2D eigenvalue weighted by Gasteiger charge is -2.24. The van der Waals surface area contributed by atoms with Crippen LogP contribution in [0.3, 0.4) is 0 Å². The van der Waals surface area contributed by atoms with Crippen molar-refractivity contribution in [3.63, 3.8) is 0 Å². The summed E-state index contributed by atoms with van der Waals surface area (Å²) in [5, 5.41) is 0. The molecule has 0 aromatic carbocycles. The highest BCUT2D eigenvalue weighted by Crippen LogP contribution is 2.14. The van der Waals surface area contributed by atoms with Crippen LogP contribution in [0.25, 0.3) is 0 Å². The zero-order chi connectivity index (χ0) is 9.97. The third kappa shape index (κ3) is 1.89. The molecule has 14 heavy (non-hydrogen) atoms. The fourth-order valence-electron chi connectivity index (χ4n) is 1.42. The summed E-state index contributed by atoms with van der Waals surface area (Å²) >= 11 is 0. The topological polar surface area (TPSA) is 29.0 Å². The van der Waals surface area contributed by atoms with Crippen molar-refractivity contribution < 1.29 is 4.39 Å². The van der Waals surface area contributed by atoms with Crippen LogP contribution in [-0.4, -0.2) is 23.1 Å². The largest absolute Gasteiger partial charge is 0.337 e. The number of hydrogen-bond acceptors (Lipinski definition) is 3. The van der Waals surface area contributed by atoms with Crippen LogP contribution < -0.4 is 4.90 Å². The summed E-state index contributed by atoms with van der Waals surface area (Å²) in [6.45, 7) is 3.84. The zero-order valence-corrected chi connectivity index (χ0v) is 8.07. The van der Waals surface area contributed by atoms with E-state index in [0.29, 0.717) is 5.95 Å². The van der Waals surface area contributed by atoms with Gasteiger partial charge in [0.1, 0.15) is 0 Å². The number of hydrogen-bond donors (Lipinski definition) is 0. The van der Waals surface area contributed by atoms with Crippen molar-refractivity contribution in [3.05, 3.63) is 29.9 Å². The molecule has 4 heteroatoms. The van der Waals surface area contributed by atoms with Crippen LogP contribution in [0.2, 0.25) is 0 Å². The summed E-state index contributed by atoms with van der Waals surface area (Å²) in [7, 11) is 0. The second-order valence-corrected chi connectivity index (χ2v) is 3.45. The molecule has 0 aliphatic carbocycles. The molecule has 0 saturated heterocycles. The molecule has 0 radical (unpaired) electrons. The van der Waals surface area contributed by atoms with Crippen LogP contribution in [0, 0.1) is 5.82 Å². The average Bonchev–Trinajstić information content (AvgIpc) is 2.21. The molecular weight excluding hydrogens is 181 g/mol. The monoisotopic (exact) mass is 193 g/mol. The van der Waals surface area contributed by atoms with Gasteiger partial charge in [-0.2, -0.15) is 0 Å². The van der Waals surface area contributed by atoms with Crippen molar-refractivity contribution in [2.75, 3.05) is 18.0 Å². The van der Waals surface area contributed by atoms with Gasteiger partial charge in [-0.25, -0.2) is 14.4 Å². The Morgan fingerprint density at radius 3 is 2.64 bits per heavy atom. The molecular formula is C10H12FN3. The van der Waals surface area contributed by atoms with Crippen molar-refractivity contribution in [1.29, 1.82) is 0 Å². The summed E-state index contributed by atoms with van der Waals surface area (Å²) in [4.78, 5) is 9.91. The highest BCUT2D eigenvalue weighted by Gasteiger charge is 2.11. The van der Waals surface area contributed by atoms with Crippen LogP contribution in [0.4, 0.5) is 10.3 Å². The summed E-state index contributed by atoms with van der Waals surface area (Å²) in [6, 6.07) is 0. The van der Waals surface area contributed by atoms with Crippen LogP contribution >= 0.6 is 0 Å². The van der Waals surface area contributed by atoms with E-state index in [1.165, 1.54) is 18.0 Å². The number of anilines is 1. The Morgan fingerprint density at radius 2 is 2.07 bits per heavy atom. The SMILES string of the molecule is CC1=CCN(c2ncc(F)cn2)CC1. The van der Waals surface area contributed by atoms with Gasteiger partial charge in [0.25, 0.3) is 0 Å². The van der Waals surface area contributed by atoms with Crippen LogP contribution in [0.15, 0.2) is 24.0 Å². The van der Waals surface area contributed by atoms with Crippen molar-refractivity contribution in [2.45, 2.75) is 13.3 Å². The van der Waals surface area contributed by atoms with E-state index < -0.39 is 5.82 Å². The van der Waals surface area contributed by atoms with E-state index >= 15 is 0 Å². The van der Waals surface area contributed by atoms with Crippen molar-refractivity contribution in [3.8, 4) is 0 Å². The Morgan fingerprint density at radius 1 is 1.36 bits per heavy atom. The van der Waals surface area contributed by atoms with E-state index in [9.17, 15) is 4.39 Å². The van der Waals surface area contributed by atoms with Crippen LogP contribution in [0.5, 0.6) is 0 Å². The van der Waals surface area contributed by atoms with Gasteiger partial charge in [-0.15, -0.1) is 0 Å². The van der Waals surface area contributed by atoms with Gasteiger partial charge in [0.15, 0.2) is 5.82 Å². The van der Waals surface area contributed by atoms with Crippen molar-refractivity contribution in [2.24, 2.45) is 0 Å². The quantitative estimate of drug-likeness (QED) is 0.636. The van der Waals surface area contributed by atoms with Gasteiger partial charge in [-0.05, 0) is 13.3 Å². The first-order valence-corrected chi connectivity index (χ1v) is 4.64. The highest BCUT2D eigenvalue weighted by atomic mass is 19.1. The number of rotatable bonds is 1. The molecule has 0 atom stereocenters. The lowest BCUT2D eigenvalue weighted by molar-refractivity contribution is 0.610. The summed E-state index contributed by atoms with van der Waals surface area (Å²) in [5.41, 5.74) is 1.39. The maximum absolute atomic E-state index is 12.6. The second kappa shape index (κ2) is 3.74. The number of aromatic nitrogens is 2. The molecule has 1 aromatic heterocycles. The van der Waals surface area contributed by atoms with Gasteiger partial charge >= 0.3 is 0 Å². The third-order valence-electron chi connectivity index (χ3n) is 2.33. The Kier molecular flexibility index (Phi) is 2.43. The van der Waals surface area contributed by atoms with Gasteiger partial charge in [0.05, 0.1) is 12.4 Å². The van der Waals surface area contributed by atoms with E-state index in [-0.39, 0.29) is 0 Å². The van der Waals surface area contributed by atoms with Crippen molar-refractivity contribution >= 4 is 5.95 Å². The van der Waals surface area contributed by atoms with Crippen molar-refractivity contribution in [1.82, 2.24) is 9.97 Å². The summed E-state index contributed by atoms with van der Waals surface area (Å²) in [6.07, 6.45) is 5.58. The first kappa shape index (κ1) is 9.12. The predicted molar refractivity (Wildman–Crippen MR) is 52.6 cm³/mol. The summed E-state index contributed by atoms with van der Waals surface area (Å²) in [5.74, 6) is 0.215. The van der Waals surface area contributed by atoms with Gasteiger partial charge < -0.3 is 4.90 Å². The Bertz CT molecular complexity index is 345. The Labute approximate surface area is 82.3 Å². The maximum atomic E-state index is 12.6. The third-order valence-corrected chi connectivity index (χ3v) is 2.33. The molecule has 1 aliphatic heterocycles. The Balaban J connectivity index is 2.13. The van der Waals surface area contributed by atoms with Crippen LogP contribution in [0.1, 0.15) is 13.3 Å². The zero-order valence-electron chi connectivity index (χ0n) is 8.07. The molecule has 0 saturated carbocycles. The molecule has 0 spiro atoms. The fourth-order valence-corrected chi connectivity index (χ4v) is 1.42. The molecule has 0 N–H and O–H groups in total. The molecule has 3 nitrogen and oxygen atoms in total. The lowest BCUT2D eigenvalue weighted by atomic mass is 10.1. The molecule has 74 valence electrons. The molecule has 1 aromatic rings. The molecule has 0 fully saturated rings. The highest BCUT2D eigenvalue weighted by molar-refractivity contribution is 5.32. The van der Waals surface area contributed by atoms with E-state index in [2.05, 4.69) is 23.0 Å². The average molecular weight is 193 g/mol. The van der Waals surface area contributed by atoms with Gasteiger partial charge in [-0.3, -0.25) is 0 Å². The first-order valence-electron chi connectivity index (χ1n) is 4.64. The minimum atomic E-state index is -0.391. The number of nitrogens with zero attached hydrogens (tertiary/aromatic N) is 3. The van der Waals surface area contributed by atoms with E-state index in [1.54, 1.807) is 0 Å². The predicted octanol–water partition coefficient (Wildman–Crippen LogP) is 1.77.